The second kappa shape index (κ2) is 9.26. The Balaban J connectivity index is 1.68. The van der Waals surface area contributed by atoms with E-state index in [0.29, 0.717) is 6.54 Å². The van der Waals surface area contributed by atoms with Crippen molar-refractivity contribution in [2.75, 3.05) is 40.4 Å². The Kier molecular flexibility index (Phi) is 6.78. The van der Waals surface area contributed by atoms with Crippen LogP contribution in [0.3, 0.4) is 0 Å². The molecule has 1 unspecified atom stereocenters. The number of rotatable bonds is 5. The first-order valence-corrected chi connectivity index (χ1v) is 9.96. The zero-order valence-electron chi connectivity index (χ0n) is 16.2. The quantitative estimate of drug-likeness (QED) is 0.804. The molecule has 1 aromatic rings. The van der Waals surface area contributed by atoms with Gasteiger partial charge in [0.15, 0.2) is 11.5 Å². The molecule has 1 aromatic carbocycles. The molecule has 2 fully saturated rings. The largest absolute Gasteiger partial charge is 0.493 e. The van der Waals surface area contributed by atoms with Crippen molar-refractivity contribution in [3.8, 4) is 11.5 Å². The lowest BCUT2D eigenvalue weighted by Gasteiger charge is -2.30. The Hall–Kier alpha value is -1.75. The maximum atomic E-state index is 13.0. The fourth-order valence-corrected chi connectivity index (χ4v) is 4.23. The van der Waals surface area contributed by atoms with Crippen molar-refractivity contribution in [1.82, 2.24) is 9.80 Å². The number of likely N-dealkylation sites (tertiary alicyclic amines) is 2. The zero-order chi connectivity index (χ0) is 18.4. The Labute approximate surface area is 157 Å². The summed E-state index contributed by atoms with van der Waals surface area (Å²) < 4.78 is 10.8. The molecule has 0 aliphatic carbocycles. The van der Waals surface area contributed by atoms with Crippen LogP contribution in [0.1, 0.15) is 56.6 Å². The highest BCUT2D eigenvalue weighted by atomic mass is 16.5. The number of methoxy groups -OCH3 is 2. The van der Waals surface area contributed by atoms with Crippen molar-refractivity contribution in [2.45, 2.75) is 51.0 Å². The molecular weight excluding hydrogens is 328 g/mol. The van der Waals surface area contributed by atoms with Gasteiger partial charge in [-0.15, -0.1) is 0 Å². The number of amides is 1. The standard InChI is InChI=1S/C21H32N2O3/c1-25-19-11-10-17(15-20(19)26-2)18-9-8-14-23(18)21(24)16-22-12-6-4-3-5-7-13-22/h10-11,15,18H,3-9,12-14,16H2,1-2H3. The van der Waals surface area contributed by atoms with Gasteiger partial charge in [0.1, 0.15) is 0 Å². The predicted octanol–water partition coefficient (Wildman–Crippen LogP) is 3.63. The predicted molar refractivity (Wildman–Crippen MR) is 103 cm³/mol. The van der Waals surface area contributed by atoms with Gasteiger partial charge in [0.2, 0.25) is 5.91 Å². The fourth-order valence-electron chi connectivity index (χ4n) is 4.23. The SMILES string of the molecule is COc1ccc(C2CCCN2C(=O)CN2CCCCCCC2)cc1OC. The molecule has 1 atom stereocenters. The Morgan fingerprint density at radius 2 is 1.65 bits per heavy atom. The first-order valence-electron chi connectivity index (χ1n) is 9.96. The summed E-state index contributed by atoms with van der Waals surface area (Å²) in [5, 5.41) is 0. The highest BCUT2D eigenvalue weighted by molar-refractivity contribution is 5.79. The van der Waals surface area contributed by atoms with Crippen LogP contribution in [0, 0.1) is 0 Å². The molecule has 2 saturated heterocycles. The third-order valence-corrected chi connectivity index (χ3v) is 5.67. The normalized spacial score (nSPS) is 21.9. The number of benzene rings is 1. The van der Waals surface area contributed by atoms with E-state index in [1.165, 1.54) is 32.1 Å². The average molecular weight is 360 g/mol. The maximum Gasteiger partial charge on any atom is 0.237 e. The lowest BCUT2D eigenvalue weighted by molar-refractivity contribution is -0.133. The molecule has 5 nitrogen and oxygen atoms in total. The lowest BCUT2D eigenvalue weighted by atomic mass is 10.0. The van der Waals surface area contributed by atoms with Crippen LogP contribution in [0.25, 0.3) is 0 Å². The molecule has 0 spiro atoms. The van der Waals surface area contributed by atoms with Crippen LogP contribution in [0.2, 0.25) is 0 Å². The van der Waals surface area contributed by atoms with E-state index in [4.69, 9.17) is 9.47 Å². The molecule has 0 saturated carbocycles. The Morgan fingerprint density at radius 3 is 2.35 bits per heavy atom. The summed E-state index contributed by atoms with van der Waals surface area (Å²) in [6.45, 7) is 3.52. The number of carbonyl (C=O) groups is 1. The Morgan fingerprint density at radius 1 is 0.962 bits per heavy atom. The smallest absolute Gasteiger partial charge is 0.237 e. The Bertz CT molecular complexity index is 597. The van der Waals surface area contributed by atoms with Gasteiger partial charge in [-0.1, -0.05) is 25.3 Å². The number of hydrogen-bond acceptors (Lipinski definition) is 4. The van der Waals surface area contributed by atoms with E-state index in [1.54, 1.807) is 14.2 Å². The van der Waals surface area contributed by atoms with Crippen molar-refractivity contribution < 1.29 is 14.3 Å². The molecule has 144 valence electrons. The molecule has 2 aliphatic heterocycles. The molecule has 26 heavy (non-hydrogen) atoms. The van der Waals surface area contributed by atoms with E-state index in [9.17, 15) is 4.79 Å². The van der Waals surface area contributed by atoms with Gasteiger partial charge in [-0.3, -0.25) is 9.69 Å². The number of carbonyl (C=O) groups excluding carboxylic acids is 1. The number of nitrogens with zero attached hydrogens (tertiary/aromatic N) is 2. The third-order valence-electron chi connectivity index (χ3n) is 5.67. The third kappa shape index (κ3) is 4.50. The minimum absolute atomic E-state index is 0.150. The van der Waals surface area contributed by atoms with Crippen molar-refractivity contribution in [3.63, 3.8) is 0 Å². The van der Waals surface area contributed by atoms with Gasteiger partial charge >= 0.3 is 0 Å². The van der Waals surface area contributed by atoms with Gasteiger partial charge in [0, 0.05) is 6.54 Å². The summed E-state index contributed by atoms with van der Waals surface area (Å²) in [7, 11) is 3.30. The van der Waals surface area contributed by atoms with Crippen molar-refractivity contribution in [1.29, 1.82) is 0 Å². The number of ether oxygens (including phenoxy) is 2. The van der Waals surface area contributed by atoms with Crippen LogP contribution in [0.5, 0.6) is 11.5 Å². The van der Waals surface area contributed by atoms with Crippen molar-refractivity contribution in [3.05, 3.63) is 23.8 Å². The molecule has 3 rings (SSSR count). The molecule has 0 radical (unpaired) electrons. The van der Waals surface area contributed by atoms with Gasteiger partial charge in [-0.2, -0.15) is 0 Å². The highest BCUT2D eigenvalue weighted by Crippen LogP contribution is 2.37. The van der Waals surface area contributed by atoms with Crippen LogP contribution >= 0.6 is 0 Å². The van der Waals surface area contributed by atoms with Gasteiger partial charge in [-0.05, 0) is 56.5 Å². The van der Waals surface area contributed by atoms with Crippen LogP contribution in [0.15, 0.2) is 18.2 Å². The van der Waals surface area contributed by atoms with Crippen LogP contribution in [-0.4, -0.2) is 56.1 Å². The van der Waals surface area contributed by atoms with Gasteiger partial charge < -0.3 is 14.4 Å². The van der Waals surface area contributed by atoms with Gasteiger partial charge in [-0.25, -0.2) is 0 Å². The van der Waals surface area contributed by atoms with E-state index in [2.05, 4.69) is 15.9 Å². The minimum atomic E-state index is 0.150. The molecule has 0 N–H and O–H groups in total. The second-order valence-corrected chi connectivity index (χ2v) is 7.40. The molecule has 2 aliphatic rings. The van der Waals surface area contributed by atoms with Crippen LogP contribution in [0.4, 0.5) is 0 Å². The number of hydrogen-bond donors (Lipinski definition) is 0. The van der Waals surface area contributed by atoms with E-state index in [1.807, 2.05) is 12.1 Å². The molecule has 0 aromatic heterocycles. The van der Waals surface area contributed by atoms with Gasteiger partial charge in [0.05, 0.1) is 26.8 Å². The van der Waals surface area contributed by atoms with E-state index in [-0.39, 0.29) is 11.9 Å². The monoisotopic (exact) mass is 360 g/mol. The maximum absolute atomic E-state index is 13.0. The summed E-state index contributed by atoms with van der Waals surface area (Å²) >= 11 is 0. The molecule has 5 heteroatoms. The summed E-state index contributed by atoms with van der Waals surface area (Å²) in [6.07, 6.45) is 8.44. The first-order chi connectivity index (χ1) is 12.7. The van der Waals surface area contributed by atoms with Crippen LogP contribution in [-0.2, 0) is 4.79 Å². The minimum Gasteiger partial charge on any atom is -0.493 e. The van der Waals surface area contributed by atoms with Crippen LogP contribution < -0.4 is 9.47 Å². The zero-order valence-corrected chi connectivity index (χ0v) is 16.2. The summed E-state index contributed by atoms with van der Waals surface area (Å²) in [6, 6.07) is 6.17. The highest BCUT2D eigenvalue weighted by Gasteiger charge is 2.31. The van der Waals surface area contributed by atoms with Crippen molar-refractivity contribution in [2.24, 2.45) is 0 Å². The van der Waals surface area contributed by atoms with Crippen molar-refractivity contribution >= 4 is 5.91 Å². The molecule has 1 amide bonds. The summed E-state index contributed by atoms with van der Waals surface area (Å²) in [5.74, 6) is 1.73. The van der Waals surface area contributed by atoms with E-state index in [0.717, 1.165) is 49.5 Å². The van der Waals surface area contributed by atoms with Gasteiger partial charge in [0.25, 0.3) is 0 Å². The molecule has 0 bridgehead atoms. The lowest BCUT2D eigenvalue weighted by Crippen LogP contribution is -2.41. The average Bonchev–Trinajstić information content (AvgIpc) is 3.13. The fraction of sp³-hybridized carbons (Fsp3) is 0.667. The topological polar surface area (TPSA) is 42.0 Å². The summed E-state index contributed by atoms with van der Waals surface area (Å²) in [4.78, 5) is 17.4. The second-order valence-electron chi connectivity index (χ2n) is 7.40. The molecular formula is C21H32N2O3. The molecule has 2 heterocycles. The summed E-state index contributed by atoms with van der Waals surface area (Å²) in [5.41, 5.74) is 1.14. The first kappa shape index (κ1) is 19.0. The van der Waals surface area contributed by atoms with E-state index >= 15 is 0 Å². The van der Waals surface area contributed by atoms with E-state index < -0.39 is 0 Å².